The molecule has 0 aromatic heterocycles. The van der Waals surface area contributed by atoms with E-state index in [2.05, 4.69) is 10.2 Å². The second-order valence-electron chi connectivity index (χ2n) is 6.12. The van der Waals surface area contributed by atoms with Gasteiger partial charge in [-0.25, -0.2) is 4.79 Å². The molecule has 1 aromatic carbocycles. The smallest absolute Gasteiger partial charge is 0.321 e. The van der Waals surface area contributed by atoms with Crippen molar-refractivity contribution in [3.05, 3.63) is 28.3 Å². The van der Waals surface area contributed by atoms with E-state index in [-0.39, 0.29) is 6.03 Å². The number of amides is 2. The predicted octanol–water partition coefficient (Wildman–Crippen LogP) is 3.27. The molecule has 0 unspecified atom stereocenters. The molecule has 1 saturated carbocycles. The summed E-state index contributed by atoms with van der Waals surface area (Å²) in [6.45, 7) is 7.54. The number of anilines is 1. The molecule has 0 atom stereocenters. The van der Waals surface area contributed by atoms with Crippen LogP contribution in [0.3, 0.4) is 0 Å². The minimum Gasteiger partial charge on any atom is -0.322 e. The van der Waals surface area contributed by atoms with E-state index in [4.69, 9.17) is 11.6 Å². The van der Waals surface area contributed by atoms with Gasteiger partial charge in [0.1, 0.15) is 0 Å². The van der Waals surface area contributed by atoms with Gasteiger partial charge in [0.2, 0.25) is 0 Å². The highest BCUT2D eigenvalue weighted by Gasteiger charge is 2.32. The van der Waals surface area contributed by atoms with Crippen LogP contribution in [0.15, 0.2) is 12.1 Å². The van der Waals surface area contributed by atoms with Gasteiger partial charge in [0.25, 0.3) is 0 Å². The average molecular weight is 308 g/mol. The van der Waals surface area contributed by atoms with Crippen LogP contribution in [-0.2, 0) is 0 Å². The second-order valence-corrected chi connectivity index (χ2v) is 6.53. The van der Waals surface area contributed by atoms with Crippen LogP contribution in [0.2, 0.25) is 5.02 Å². The summed E-state index contributed by atoms with van der Waals surface area (Å²) in [6, 6.07) is 4.66. The highest BCUT2D eigenvalue weighted by molar-refractivity contribution is 6.34. The molecule has 2 aliphatic rings. The topological polar surface area (TPSA) is 35.6 Å². The first-order valence-corrected chi connectivity index (χ1v) is 7.99. The third-order valence-corrected chi connectivity index (χ3v) is 4.63. The van der Waals surface area contributed by atoms with Gasteiger partial charge in [0.05, 0.1) is 10.7 Å². The van der Waals surface area contributed by atoms with Gasteiger partial charge in [-0.1, -0.05) is 17.7 Å². The molecule has 3 rings (SSSR count). The quantitative estimate of drug-likeness (QED) is 0.910. The van der Waals surface area contributed by atoms with Gasteiger partial charge in [0.15, 0.2) is 0 Å². The number of rotatable bonds is 2. The Balaban J connectivity index is 1.61. The Labute approximate surface area is 131 Å². The fourth-order valence-corrected chi connectivity index (χ4v) is 3.36. The SMILES string of the molecule is Cc1cc(C)c(NC(=O)N2CCN(C3CC3)CC2)c(Cl)c1. The fraction of sp³-hybridized carbons (Fsp3) is 0.562. The number of hydrogen-bond acceptors (Lipinski definition) is 2. The van der Waals surface area contributed by atoms with E-state index in [1.54, 1.807) is 0 Å². The lowest BCUT2D eigenvalue weighted by Crippen LogP contribution is -2.50. The van der Waals surface area contributed by atoms with Crippen molar-refractivity contribution in [3.63, 3.8) is 0 Å². The molecule has 4 nitrogen and oxygen atoms in total. The molecule has 114 valence electrons. The van der Waals surface area contributed by atoms with Crippen molar-refractivity contribution < 1.29 is 4.79 Å². The van der Waals surface area contributed by atoms with Gasteiger partial charge in [-0.3, -0.25) is 4.90 Å². The van der Waals surface area contributed by atoms with E-state index >= 15 is 0 Å². The predicted molar refractivity (Wildman–Crippen MR) is 86.1 cm³/mol. The summed E-state index contributed by atoms with van der Waals surface area (Å²) in [4.78, 5) is 16.8. The Kier molecular flexibility index (Phi) is 4.09. The molecule has 2 amide bonds. The molecule has 0 spiro atoms. The summed E-state index contributed by atoms with van der Waals surface area (Å²) >= 11 is 6.25. The van der Waals surface area contributed by atoms with Crippen molar-refractivity contribution >= 4 is 23.3 Å². The first kappa shape index (κ1) is 14.7. The number of carbonyl (C=O) groups excluding carboxylic acids is 1. The molecule has 1 aromatic rings. The Morgan fingerprint density at radius 2 is 1.86 bits per heavy atom. The number of halogens is 1. The molecule has 1 N–H and O–H groups in total. The summed E-state index contributed by atoms with van der Waals surface area (Å²) in [5, 5.41) is 3.58. The van der Waals surface area contributed by atoms with E-state index < -0.39 is 0 Å². The number of carbonyl (C=O) groups is 1. The maximum Gasteiger partial charge on any atom is 0.321 e. The molecular weight excluding hydrogens is 286 g/mol. The fourth-order valence-electron chi connectivity index (χ4n) is 2.99. The molecule has 2 fully saturated rings. The number of nitrogens with zero attached hydrogens (tertiary/aromatic N) is 2. The lowest BCUT2D eigenvalue weighted by molar-refractivity contribution is 0.142. The lowest BCUT2D eigenvalue weighted by atomic mass is 10.1. The average Bonchev–Trinajstić information content (AvgIpc) is 3.27. The van der Waals surface area contributed by atoms with Crippen LogP contribution < -0.4 is 5.32 Å². The van der Waals surface area contributed by atoms with Crippen molar-refractivity contribution in [3.8, 4) is 0 Å². The number of urea groups is 1. The summed E-state index contributed by atoms with van der Waals surface area (Å²) < 4.78 is 0. The lowest BCUT2D eigenvalue weighted by Gasteiger charge is -2.34. The largest absolute Gasteiger partial charge is 0.322 e. The molecule has 1 heterocycles. The maximum absolute atomic E-state index is 12.4. The summed E-state index contributed by atoms with van der Waals surface area (Å²) in [5.41, 5.74) is 2.84. The number of aryl methyl sites for hydroxylation is 2. The van der Waals surface area contributed by atoms with Crippen molar-refractivity contribution in [2.75, 3.05) is 31.5 Å². The highest BCUT2D eigenvalue weighted by atomic mass is 35.5. The van der Waals surface area contributed by atoms with E-state index in [1.807, 2.05) is 30.9 Å². The van der Waals surface area contributed by atoms with Crippen molar-refractivity contribution in [2.24, 2.45) is 0 Å². The molecule has 1 aliphatic carbocycles. The third-order valence-electron chi connectivity index (χ3n) is 4.33. The minimum atomic E-state index is -0.0423. The van der Waals surface area contributed by atoms with Crippen LogP contribution in [-0.4, -0.2) is 48.1 Å². The first-order chi connectivity index (χ1) is 10.0. The number of piperazine rings is 1. The minimum absolute atomic E-state index is 0.0423. The molecule has 1 aliphatic heterocycles. The number of benzene rings is 1. The Morgan fingerprint density at radius 3 is 2.43 bits per heavy atom. The van der Waals surface area contributed by atoms with E-state index in [1.165, 1.54) is 12.8 Å². The van der Waals surface area contributed by atoms with Crippen molar-refractivity contribution in [1.82, 2.24) is 9.80 Å². The highest BCUT2D eigenvalue weighted by Crippen LogP contribution is 2.29. The van der Waals surface area contributed by atoms with Crippen molar-refractivity contribution in [1.29, 1.82) is 0 Å². The monoisotopic (exact) mass is 307 g/mol. The number of nitrogens with one attached hydrogen (secondary N) is 1. The van der Waals surface area contributed by atoms with Gasteiger partial charge < -0.3 is 10.2 Å². The van der Waals surface area contributed by atoms with Crippen molar-refractivity contribution in [2.45, 2.75) is 32.7 Å². The molecule has 5 heteroatoms. The number of hydrogen-bond donors (Lipinski definition) is 1. The van der Waals surface area contributed by atoms with Gasteiger partial charge in [-0.05, 0) is 43.9 Å². The summed E-state index contributed by atoms with van der Waals surface area (Å²) in [5.74, 6) is 0. The van der Waals surface area contributed by atoms with Gasteiger partial charge >= 0.3 is 6.03 Å². The second kappa shape index (κ2) is 5.85. The van der Waals surface area contributed by atoms with Crippen LogP contribution in [0.4, 0.5) is 10.5 Å². The van der Waals surface area contributed by atoms with Crippen LogP contribution in [0.5, 0.6) is 0 Å². The maximum atomic E-state index is 12.4. The molecule has 1 saturated heterocycles. The zero-order valence-corrected chi connectivity index (χ0v) is 13.4. The molecule has 0 radical (unpaired) electrons. The Bertz CT molecular complexity index is 525. The van der Waals surface area contributed by atoms with E-state index in [9.17, 15) is 4.79 Å². The molecular formula is C16H22ClN3O. The van der Waals surface area contributed by atoms with Crippen LogP contribution in [0.25, 0.3) is 0 Å². The molecule has 0 bridgehead atoms. The summed E-state index contributed by atoms with van der Waals surface area (Å²) in [7, 11) is 0. The van der Waals surface area contributed by atoms with Gasteiger partial charge in [0, 0.05) is 32.2 Å². The van der Waals surface area contributed by atoms with Crippen LogP contribution in [0, 0.1) is 13.8 Å². The van der Waals surface area contributed by atoms with Gasteiger partial charge in [-0.2, -0.15) is 0 Å². The Morgan fingerprint density at radius 1 is 1.19 bits per heavy atom. The van der Waals surface area contributed by atoms with E-state index in [0.717, 1.165) is 49.0 Å². The Hall–Kier alpha value is -1.26. The zero-order valence-electron chi connectivity index (χ0n) is 12.7. The summed E-state index contributed by atoms with van der Waals surface area (Å²) in [6.07, 6.45) is 2.65. The van der Waals surface area contributed by atoms with Crippen LogP contribution >= 0.6 is 11.6 Å². The normalized spacial score (nSPS) is 19.7. The zero-order chi connectivity index (χ0) is 15.0. The third kappa shape index (κ3) is 3.33. The van der Waals surface area contributed by atoms with Gasteiger partial charge in [-0.15, -0.1) is 0 Å². The molecule has 21 heavy (non-hydrogen) atoms. The first-order valence-electron chi connectivity index (χ1n) is 7.61. The van der Waals surface area contributed by atoms with Crippen LogP contribution in [0.1, 0.15) is 24.0 Å². The standard InChI is InChI=1S/C16H22ClN3O/c1-11-9-12(2)15(14(17)10-11)18-16(21)20-7-5-19(6-8-20)13-3-4-13/h9-10,13H,3-8H2,1-2H3,(H,18,21). The van der Waals surface area contributed by atoms with E-state index in [0.29, 0.717) is 5.02 Å².